The molecule has 0 bridgehead atoms. The number of nitrogens with two attached hydrogens (primary N) is 2. The molecule has 1 aliphatic rings. The molecule has 1 aliphatic heterocycles. The van der Waals surface area contributed by atoms with Gasteiger partial charge in [-0.15, -0.1) is 0 Å². The van der Waals surface area contributed by atoms with Gasteiger partial charge in [-0.05, 0) is 64.0 Å². The summed E-state index contributed by atoms with van der Waals surface area (Å²) >= 11 is 1.54. The highest BCUT2D eigenvalue weighted by Crippen LogP contribution is 2.20. The van der Waals surface area contributed by atoms with E-state index in [2.05, 4.69) is 10.6 Å². The normalized spacial score (nSPS) is 19.7. The predicted octanol–water partition coefficient (Wildman–Crippen LogP) is -1.38. The number of likely N-dealkylation sites (tertiary alicyclic amines) is 1. The van der Waals surface area contributed by atoms with E-state index in [0.29, 0.717) is 44.4 Å². The van der Waals surface area contributed by atoms with Gasteiger partial charge < -0.3 is 37.2 Å². The van der Waals surface area contributed by atoms with Crippen molar-refractivity contribution < 1.29 is 29.4 Å². The molecular weight excluding hydrogens is 438 g/mol. The maximum Gasteiger partial charge on any atom is 0.326 e. The van der Waals surface area contributed by atoms with Gasteiger partial charge >= 0.3 is 5.97 Å². The van der Waals surface area contributed by atoms with Gasteiger partial charge in [0.05, 0.1) is 12.1 Å². The van der Waals surface area contributed by atoms with Crippen LogP contribution in [0.3, 0.4) is 0 Å². The number of amides is 3. The Labute approximate surface area is 193 Å². The van der Waals surface area contributed by atoms with Gasteiger partial charge in [0.2, 0.25) is 17.7 Å². The summed E-state index contributed by atoms with van der Waals surface area (Å²) in [6, 6.07) is -4.02. The SMILES string of the molecule is CSCCC(N)C(=O)NC(C(=O)N1CCCC1C(=O)NC(CCCCN)C(=O)O)C(C)O. The van der Waals surface area contributed by atoms with Gasteiger partial charge in [-0.1, -0.05) is 0 Å². The maximum atomic E-state index is 13.1. The average molecular weight is 476 g/mol. The molecule has 5 unspecified atom stereocenters. The molecule has 1 heterocycles. The van der Waals surface area contributed by atoms with Crippen LogP contribution in [-0.4, -0.2) is 94.2 Å². The summed E-state index contributed by atoms with van der Waals surface area (Å²) in [6.45, 7) is 2.07. The lowest BCUT2D eigenvalue weighted by atomic mass is 10.1. The third kappa shape index (κ3) is 8.57. The molecule has 11 nitrogen and oxygen atoms in total. The van der Waals surface area contributed by atoms with Gasteiger partial charge in [0.1, 0.15) is 18.1 Å². The number of hydrogen-bond acceptors (Lipinski definition) is 8. The number of carbonyl (C=O) groups is 4. The van der Waals surface area contributed by atoms with Crippen LogP contribution in [0.2, 0.25) is 0 Å². The van der Waals surface area contributed by atoms with Crippen LogP contribution in [0.15, 0.2) is 0 Å². The molecule has 1 fully saturated rings. The van der Waals surface area contributed by atoms with Crippen molar-refractivity contribution in [2.45, 2.75) is 75.7 Å². The minimum Gasteiger partial charge on any atom is -0.480 e. The largest absolute Gasteiger partial charge is 0.480 e. The minimum absolute atomic E-state index is 0.235. The third-order valence-corrected chi connectivity index (χ3v) is 6.06. The number of carboxylic acid groups (broad SMARTS) is 1. The number of nitrogens with one attached hydrogen (secondary N) is 2. The van der Waals surface area contributed by atoms with Gasteiger partial charge in [0.25, 0.3) is 0 Å². The van der Waals surface area contributed by atoms with Crippen molar-refractivity contribution in [1.82, 2.24) is 15.5 Å². The van der Waals surface area contributed by atoms with E-state index < -0.39 is 54.0 Å². The average Bonchev–Trinajstić information content (AvgIpc) is 3.24. The van der Waals surface area contributed by atoms with Crippen molar-refractivity contribution >= 4 is 35.5 Å². The molecule has 0 radical (unpaired) electrons. The molecule has 5 atom stereocenters. The van der Waals surface area contributed by atoms with E-state index in [-0.39, 0.29) is 13.0 Å². The highest BCUT2D eigenvalue weighted by atomic mass is 32.2. The van der Waals surface area contributed by atoms with Crippen LogP contribution in [-0.2, 0) is 19.2 Å². The van der Waals surface area contributed by atoms with Crippen LogP contribution < -0.4 is 22.1 Å². The number of aliphatic hydroxyl groups is 1. The van der Waals surface area contributed by atoms with Crippen molar-refractivity contribution in [2.24, 2.45) is 11.5 Å². The monoisotopic (exact) mass is 475 g/mol. The molecular formula is C20H37N5O6S. The van der Waals surface area contributed by atoms with Crippen molar-refractivity contribution in [1.29, 1.82) is 0 Å². The molecule has 1 saturated heterocycles. The van der Waals surface area contributed by atoms with Crippen LogP contribution in [0, 0.1) is 0 Å². The molecule has 12 heteroatoms. The Kier molecular flexibility index (Phi) is 12.6. The topological polar surface area (TPSA) is 188 Å². The highest BCUT2D eigenvalue weighted by Gasteiger charge is 2.40. The second-order valence-corrected chi connectivity index (χ2v) is 8.97. The molecule has 1 rings (SSSR count). The van der Waals surface area contributed by atoms with Gasteiger partial charge in [-0.25, -0.2) is 4.79 Å². The number of nitrogens with zero attached hydrogens (tertiary/aromatic N) is 1. The van der Waals surface area contributed by atoms with E-state index in [1.165, 1.54) is 23.6 Å². The van der Waals surface area contributed by atoms with E-state index in [1.54, 1.807) is 0 Å². The molecule has 0 aromatic heterocycles. The van der Waals surface area contributed by atoms with Crippen LogP contribution in [0.4, 0.5) is 0 Å². The Morgan fingerprint density at radius 2 is 1.88 bits per heavy atom. The lowest BCUT2D eigenvalue weighted by molar-refractivity contribution is -0.146. The third-order valence-electron chi connectivity index (χ3n) is 5.42. The first-order chi connectivity index (χ1) is 15.1. The molecule has 0 saturated carbocycles. The lowest BCUT2D eigenvalue weighted by Crippen LogP contribution is -2.59. The molecule has 3 amide bonds. The molecule has 0 aliphatic carbocycles. The fourth-order valence-corrected chi connectivity index (χ4v) is 4.01. The van der Waals surface area contributed by atoms with Gasteiger partial charge in [-0.3, -0.25) is 14.4 Å². The number of unbranched alkanes of at least 4 members (excludes halogenated alkanes) is 1. The summed E-state index contributed by atoms with van der Waals surface area (Å²) in [5, 5.41) is 24.5. The summed E-state index contributed by atoms with van der Waals surface area (Å²) in [6.07, 6.45) is 3.44. The zero-order valence-corrected chi connectivity index (χ0v) is 19.6. The molecule has 0 aromatic rings. The van der Waals surface area contributed by atoms with Gasteiger partial charge in [0.15, 0.2) is 0 Å². The zero-order chi connectivity index (χ0) is 24.3. The zero-order valence-electron chi connectivity index (χ0n) is 18.8. The molecule has 0 spiro atoms. The fraction of sp³-hybridized carbons (Fsp3) is 0.800. The first kappa shape index (κ1) is 28.1. The summed E-state index contributed by atoms with van der Waals surface area (Å²) in [4.78, 5) is 51.0. The quantitative estimate of drug-likeness (QED) is 0.165. The van der Waals surface area contributed by atoms with Crippen LogP contribution in [0.5, 0.6) is 0 Å². The molecule has 8 N–H and O–H groups in total. The Balaban J connectivity index is 2.84. The number of thioether (sulfide) groups is 1. The Morgan fingerprint density at radius 1 is 1.19 bits per heavy atom. The Hall–Kier alpha value is -1.89. The lowest BCUT2D eigenvalue weighted by Gasteiger charge is -2.31. The fourth-order valence-electron chi connectivity index (χ4n) is 3.52. The minimum atomic E-state index is -1.25. The first-order valence-corrected chi connectivity index (χ1v) is 12.3. The molecule has 184 valence electrons. The number of aliphatic hydroxyl groups excluding tert-OH is 1. The van der Waals surface area contributed by atoms with E-state index in [9.17, 15) is 29.4 Å². The highest BCUT2D eigenvalue weighted by molar-refractivity contribution is 7.98. The Bertz CT molecular complexity index is 650. The van der Waals surface area contributed by atoms with Crippen LogP contribution in [0.1, 0.15) is 45.4 Å². The molecule has 0 aromatic carbocycles. The van der Waals surface area contributed by atoms with Crippen molar-refractivity contribution in [3.8, 4) is 0 Å². The second-order valence-electron chi connectivity index (χ2n) is 7.99. The predicted molar refractivity (Wildman–Crippen MR) is 122 cm³/mol. The van der Waals surface area contributed by atoms with E-state index in [1.807, 2.05) is 6.26 Å². The smallest absolute Gasteiger partial charge is 0.326 e. The van der Waals surface area contributed by atoms with E-state index in [0.717, 1.165) is 0 Å². The summed E-state index contributed by atoms with van der Waals surface area (Å²) < 4.78 is 0. The maximum absolute atomic E-state index is 13.1. The number of carboxylic acids is 1. The second kappa shape index (κ2) is 14.3. The van der Waals surface area contributed by atoms with Crippen molar-refractivity contribution in [2.75, 3.05) is 25.1 Å². The summed E-state index contributed by atoms with van der Waals surface area (Å²) in [5.74, 6) is -2.20. The van der Waals surface area contributed by atoms with E-state index in [4.69, 9.17) is 11.5 Å². The van der Waals surface area contributed by atoms with Crippen molar-refractivity contribution in [3.63, 3.8) is 0 Å². The van der Waals surface area contributed by atoms with Gasteiger partial charge in [0, 0.05) is 6.54 Å². The Morgan fingerprint density at radius 3 is 2.44 bits per heavy atom. The van der Waals surface area contributed by atoms with E-state index >= 15 is 0 Å². The summed E-state index contributed by atoms with van der Waals surface area (Å²) in [5.41, 5.74) is 11.3. The number of rotatable bonds is 14. The van der Waals surface area contributed by atoms with Crippen LogP contribution in [0.25, 0.3) is 0 Å². The first-order valence-electron chi connectivity index (χ1n) is 10.9. The van der Waals surface area contributed by atoms with Crippen molar-refractivity contribution in [3.05, 3.63) is 0 Å². The van der Waals surface area contributed by atoms with Crippen LogP contribution >= 0.6 is 11.8 Å². The van der Waals surface area contributed by atoms with Gasteiger partial charge in [-0.2, -0.15) is 11.8 Å². The number of hydrogen-bond donors (Lipinski definition) is 6. The molecule has 32 heavy (non-hydrogen) atoms. The number of aliphatic carboxylic acids is 1. The standard InChI is InChI=1S/C20H37N5O6S/c1-12(26)16(24-17(27)13(22)8-11-32-2)19(29)25-10-5-7-15(25)18(28)23-14(20(30)31)6-3-4-9-21/h12-16,26H,3-11,21-22H2,1-2H3,(H,23,28)(H,24,27)(H,30,31). The number of carbonyl (C=O) groups excluding carboxylic acids is 3. The summed E-state index contributed by atoms with van der Waals surface area (Å²) in [7, 11) is 0.